The van der Waals surface area contributed by atoms with Crippen molar-refractivity contribution in [3.8, 4) is 0 Å². The molecule has 0 spiro atoms. The molecule has 0 radical (unpaired) electrons. The average molecular weight is 250 g/mol. The lowest BCUT2D eigenvalue weighted by Crippen LogP contribution is -2.22. The summed E-state index contributed by atoms with van der Waals surface area (Å²) >= 11 is 5.99. The van der Waals surface area contributed by atoms with Crippen molar-refractivity contribution in [3.63, 3.8) is 0 Å². The van der Waals surface area contributed by atoms with Gasteiger partial charge in [-0.3, -0.25) is 9.48 Å². The maximum Gasteiger partial charge on any atom is 0.254 e. The highest BCUT2D eigenvalue weighted by atomic mass is 35.5. The molecule has 2 aromatic rings. The fraction of sp³-hybridized carbons (Fsp3) is 0.167. The largest absolute Gasteiger partial charge is 0.348 e. The number of nitrogens with zero attached hydrogens (tertiary/aromatic N) is 2. The third-order valence-corrected chi connectivity index (χ3v) is 2.73. The Hall–Kier alpha value is -1.81. The zero-order valence-electron chi connectivity index (χ0n) is 9.35. The summed E-state index contributed by atoms with van der Waals surface area (Å²) in [6.45, 7) is 0.410. The van der Waals surface area contributed by atoms with E-state index in [4.69, 9.17) is 11.6 Å². The minimum absolute atomic E-state index is 0.155. The molecule has 0 atom stereocenters. The molecule has 2 rings (SSSR count). The molecule has 1 heterocycles. The van der Waals surface area contributed by atoms with Gasteiger partial charge in [0.15, 0.2) is 0 Å². The molecule has 0 unspecified atom stereocenters. The van der Waals surface area contributed by atoms with E-state index in [2.05, 4.69) is 10.4 Å². The van der Waals surface area contributed by atoms with Gasteiger partial charge in [0.05, 0.1) is 11.8 Å². The maximum atomic E-state index is 11.7. The molecule has 0 aliphatic heterocycles. The van der Waals surface area contributed by atoms with E-state index in [-0.39, 0.29) is 5.91 Å². The van der Waals surface area contributed by atoms with Crippen LogP contribution in [0.15, 0.2) is 36.7 Å². The lowest BCUT2D eigenvalue weighted by atomic mass is 10.2. The molecule has 1 N–H and O–H groups in total. The van der Waals surface area contributed by atoms with Crippen LogP contribution in [0.4, 0.5) is 0 Å². The van der Waals surface area contributed by atoms with Gasteiger partial charge in [-0.1, -0.05) is 29.8 Å². The van der Waals surface area contributed by atoms with E-state index >= 15 is 0 Å². The molecule has 0 bridgehead atoms. The molecule has 1 aromatic carbocycles. The van der Waals surface area contributed by atoms with Gasteiger partial charge in [0.2, 0.25) is 0 Å². The van der Waals surface area contributed by atoms with E-state index in [1.807, 2.05) is 18.2 Å². The molecule has 4 nitrogen and oxygen atoms in total. The second-order valence-corrected chi connectivity index (χ2v) is 4.08. The molecule has 0 aliphatic carbocycles. The number of aryl methyl sites for hydroxylation is 1. The smallest absolute Gasteiger partial charge is 0.254 e. The number of halogens is 1. The minimum atomic E-state index is -0.155. The van der Waals surface area contributed by atoms with Gasteiger partial charge < -0.3 is 5.32 Å². The van der Waals surface area contributed by atoms with Crippen molar-refractivity contribution in [1.29, 1.82) is 0 Å². The summed E-state index contributed by atoms with van der Waals surface area (Å²) < 4.78 is 1.59. The van der Waals surface area contributed by atoms with Crippen molar-refractivity contribution in [1.82, 2.24) is 15.1 Å². The van der Waals surface area contributed by atoms with Crippen molar-refractivity contribution in [2.24, 2.45) is 7.05 Å². The van der Waals surface area contributed by atoms with Crippen molar-refractivity contribution in [2.45, 2.75) is 6.54 Å². The van der Waals surface area contributed by atoms with Gasteiger partial charge in [-0.15, -0.1) is 0 Å². The first-order valence-corrected chi connectivity index (χ1v) is 5.55. The van der Waals surface area contributed by atoms with E-state index in [1.165, 1.54) is 6.20 Å². The Balaban J connectivity index is 1.99. The maximum absolute atomic E-state index is 11.7. The predicted molar refractivity (Wildman–Crippen MR) is 65.8 cm³/mol. The van der Waals surface area contributed by atoms with E-state index in [0.29, 0.717) is 17.1 Å². The first-order valence-electron chi connectivity index (χ1n) is 5.17. The van der Waals surface area contributed by atoms with E-state index in [1.54, 1.807) is 24.0 Å². The van der Waals surface area contributed by atoms with Gasteiger partial charge in [0, 0.05) is 24.8 Å². The number of nitrogens with one attached hydrogen (secondary N) is 1. The molecule has 17 heavy (non-hydrogen) atoms. The van der Waals surface area contributed by atoms with E-state index < -0.39 is 0 Å². The fourth-order valence-electron chi connectivity index (χ4n) is 1.46. The number of hydrogen-bond donors (Lipinski definition) is 1. The third kappa shape index (κ3) is 2.85. The van der Waals surface area contributed by atoms with Crippen LogP contribution in [-0.4, -0.2) is 15.7 Å². The lowest BCUT2D eigenvalue weighted by Gasteiger charge is -2.05. The summed E-state index contributed by atoms with van der Waals surface area (Å²) in [5.41, 5.74) is 1.44. The zero-order valence-corrected chi connectivity index (χ0v) is 10.1. The quantitative estimate of drug-likeness (QED) is 0.905. The normalized spacial score (nSPS) is 10.2. The Morgan fingerprint density at radius 2 is 2.24 bits per heavy atom. The number of hydrogen-bond acceptors (Lipinski definition) is 2. The van der Waals surface area contributed by atoms with Gasteiger partial charge in [0.25, 0.3) is 5.91 Å². The minimum Gasteiger partial charge on any atom is -0.348 e. The van der Waals surface area contributed by atoms with Gasteiger partial charge >= 0.3 is 0 Å². The van der Waals surface area contributed by atoms with E-state index in [0.717, 1.165) is 5.56 Å². The number of benzene rings is 1. The highest BCUT2D eigenvalue weighted by Gasteiger charge is 2.07. The van der Waals surface area contributed by atoms with Crippen LogP contribution in [-0.2, 0) is 13.6 Å². The fourth-order valence-corrected chi connectivity index (χ4v) is 1.66. The first-order chi connectivity index (χ1) is 8.16. The number of aromatic nitrogens is 2. The van der Waals surface area contributed by atoms with Crippen LogP contribution in [0, 0.1) is 0 Å². The highest BCUT2D eigenvalue weighted by Crippen LogP contribution is 2.14. The summed E-state index contributed by atoms with van der Waals surface area (Å²) in [5.74, 6) is -0.155. The van der Waals surface area contributed by atoms with Crippen LogP contribution in [0.1, 0.15) is 15.9 Å². The number of carbonyl (C=O) groups excluding carboxylic acids is 1. The Kier molecular flexibility index (Phi) is 3.44. The Morgan fingerprint density at radius 1 is 1.47 bits per heavy atom. The molecular weight excluding hydrogens is 238 g/mol. The molecule has 5 heteroatoms. The van der Waals surface area contributed by atoms with Gasteiger partial charge in [-0.05, 0) is 11.6 Å². The van der Waals surface area contributed by atoms with Crippen molar-refractivity contribution in [3.05, 3.63) is 52.8 Å². The van der Waals surface area contributed by atoms with Crippen LogP contribution in [0.3, 0.4) is 0 Å². The standard InChI is InChI=1S/C12H12ClN3O/c1-16-8-10(7-15-16)12(17)14-6-9-4-2-3-5-11(9)13/h2-5,7-8H,6H2,1H3,(H,14,17). The van der Waals surface area contributed by atoms with Gasteiger partial charge in [0.1, 0.15) is 0 Å². The number of carbonyl (C=O) groups is 1. The van der Waals surface area contributed by atoms with Crippen molar-refractivity contribution < 1.29 is 4.79 Å². The predicted octanol–water partition coefficient (Wildman–Crippen LogP) is 2.00. The van der Waals surface area contributed by atoms with Crippen LogP contribution in [0.5, 0.6) is 0 Å². The first kappa shape index (κ1) is 11.7. The highest BCUT2D eigenvalue weighted by molar-refractivity contribution is 6.31. The molecule has 88 valence electrons. The van der Waals surface area contributed by atoms with Crippen molar-refractivity contribution in [2.75, 3.05) is 0 Å². The summed E-state index contributed by atoms with van der Waals surface area (Å²) in [4.78, 5) is 11.7. The SMILES string of the molecule is Cn1cc(C(=O)NCc2ccccc2Cl)cn1. The van der Waals surface area contributed by atoms with Crippen LogP contribution in [0.2, 0.25) is 5.02 Å². The topological polar surface area (TPSA) is 46.9 Å². The summed E-state index contributed by atoms with van der Waals surface area (Å²) in [6.07, 6.45) is 3.20. The van der Waals surface area contributed by atoms with Crippen molar-refractivity contribution >= 4 is 17.5 Å². The Labute approximate surface area is 104 Å². The molecule has 1 amide bonds. The van der Waals surface area contributed by atoms with Crippen LogP contribution in [0.25, 0.3) is 0 Å². The molecule has 0 aliphatic rings. The molecule has 0 fully saturated rings. The van der Waals surface area contributed by atoms with Crippen LogP contribution >= 0.6 is 11.6 Å². The second-order valence-electron chi connectivity index (χ2n) is 3.68. The average Bonchev–Trinajstić information content (AvgIpc) is 2.74. The monoisotopic (exact) mass is 249 g/mol. The molecule has 0 saturated heterocycles. The van der Waals surface area contributed by atoms with Gasteiger partial charge in [-0.25, -0.2) is 0 Å². The summed E-state index contributed by atoms with van der Waals surface area (Å²) in [6, 6.07) is 7.42. The Bertz CT molecular complexity index is 536. The third-order valence-electron chi connectivity index (χ3n) is 2.36. The van der Waals surface area contributed by atoms with Gasteiger partial charge in [-0.2, -0.15) is 5.10 Å². The zero-order chi connectivity index (χ0) is 12.3. The Morgan fingerprint density at radius 3 is 2.88 bits per heavy atom. The lowest BCUT2D eigenvalue weighted by molar-refractivity contribution is 0.0951. The van der Waals surface area contributed by atoms with Crippen LogP contribution < -0.4 is 5.32 Å². The van der Waals surface area contributed by atoms with E-state index in [9.17, 15) is 4.79 Å². The summed E-state index contributed by atoms with van der Waals surface area (Å²) in [5, 5.41) is 7.38. The number of amides is 1. The number of rotatable bonds is 3. The summed E-state index contributed by atoms with van der Waals surface area (Å²) in [7, 11) is 1.77. The second kappa shape index (κ2) is 5.01. The molecule has 1 aromatic heterocycles. The molecule has 0 saturated carbocycles. The molecular formula is C12H12ClN3O.